The van der Waals surface area contributed by atoms with Crippen LogP contribution in [0.15, 0.2) is 10.9 Å². The van der Waals surface area contributed by atoms with Gasteiger partial charge in [-0.05, 0) is 15.9 Å². The summed E-state index contributed by atoms with van der Waals surface area (Å²) in [5, 5.41) is 2.84. The third-order valence-corrected chi connectivity index (χ3v) is 0.967. The second-order valence-corrected chi connectivity index (χ2v) is 1.72. The van der Waals surface area contributed by atoms with Crippen molar-refractivity contribution in [2.75, 3.05) is 6.73 Å². The van der Waals surface area contributed by atoms with Crippen molar-refractivity contribution in [1.29, 1.82) is 0 Å². The van der Waals surface area contributed by atoms with Gasteiger partial charge in [-0.15, -0.1) is 0 Å². The molecule has 0 aliphatic carbocycles. The average Bonchev–Trinajstić information content (AvgIpc) is 1.86. The molecular weight excluding hydrogens is 146 g/mol. The molecular formula is C3H4BrNO. The van der Waals surface area contributed by atoms with Gasteiger partial charge in [0.25, 0.3) is 0 Å². The first-order chi connectivity index (χ1) is 2.89. The Balaban J connectivity index is 2.45. The van der Waals surface area contributed by atoms with Crippen LogP contribution in [0.2, 0.25) is 0 Å². The number of ether oxygens (including phenoxy) is 1. The van der Waals surface area contributed by atoms with Crippen LogP contribution in [0.1, 0.15) is 0 Å². The highest BCUT2D eigenvalue weighted by Gasteiger charge is 1.94. The average molecular weight is 150 g/mol. The highest BCUT2D eigenvalue weighted by atomic mass is 79.9. The molecule has 0 unspecified atom stereocenters. The van der Waals surface area contributed by atoms with Crippen LogP contribution in [0, 0.1) is 0 Å². The minimum absolute atomic E-state index is 0.598. The molecule has 1 N–H and O–H groups in total. The van der Waals surface area contributed by atoms with E-state index in [1.54, 1.807) is 6.20 Å². The maximum Gasteiger partial charge on any atom is 0.180 e. The monoisotopic (exact) mass is 149 g/mol. The van der Waals surface area contributed by atoms with Gasteiger partial charge in [-0.2, -0.15) is 0 Å². The summed E-state index contributed by atoms with van der Waals surface area (Å²) in [7, 11) is 0. The minimum atomic E-state index is 0.598. The molecule has 0 aromatic rings. The Hall–Kier alpha value is -0.180. The first-order valence-electron chi connectivity index (χ1n) is 1.61. The molecule has 0 aromatic carbocycles. The number of hydrogen-bond donors (Lipinski definition) is 1. The smallest absolute Gasteiger partial charge is 0.180 e. The quantitative estimate of drug-likeness (QED) is 0.550. The highest BCUT2D eigenvalue weighted by Crippen LogP contribution is 2.07. The molecule has 0 atom stereocenters. The van der Waals surface area contributed by atoms with Crippen molar-refractivity contribution in [3.8, 4) is 0 Å². The lowest BCUT2D eigenvalue weighted by Gasteiger charge is -1.86. The Morgan fingerprint density at radius 1 is 2.00 bits per heavy atom. The molecule has 0 bridgehead atoms. The largest absolute Gasteiger partial charge is 0.465 e. The van der Waals surface area contributed by atoms with Crippen LogP contribution >= 0.6 is 15.9 Å². The summed E-state index contributed by atoms with van der Waals surface area (Å²) < 4.78 is 5.60. The van der Waals surface area contributed by atoms with Crippen molar-refractivity contribution in [2.45, 2.75) is 0 Å². The van der Waals surface area contributed by atoms with Crippen LogP contribution < -0.4 is 5.32 Å². The van der Waals surface area contributed by atoms with E-state index in [9.17, 15) is 0 Å². The van der Waals surface area contributed by atoms with Gasteiger partial charge in [0.05, 0.1) is 0 Å². The Bertz CT molecular complexity index is 80.9. The predicted molar refractivity (Wildman–Crippen MR) is 26.1 cm³/mol. The Morgan fingerprint density at radius 2 is 2.83 bits per heavy atom. The Kier molecular flexibility index (Phi) is 1.01. The number of rotatable bonds is 0. The summed E-state index contributed by atoms with van der Waals surface area (Å²) in [6.07, 6.45) is 1.76. The molecule has 0 saturated carbocycles. The summed E-state index contributed by atoms with van der Waals surface area (Å²) in [5.74, 6) is 0. The van der Waals surface area contributed by atoms with Crippen LogP contribution in [0.25, 0.3) is 0 Å². The SMILES string of the molecule is BrC1=CNCO1. The normalized spacial score (nSPS) is 18.5. The number of nitrogens with one attached hydrogen (secondary N) is 1. The molecule has 0 aromatic heterocycles. The van der Waals surface area contributed by atoms with E-state index in [0.29, 0.717) is 6.73 Å². The first kappa shape index (κ1) is 3.99. The number of hydrogen-bond acceptors (Lipinski definition) is 2. The molecule has 1 aliphatic heterocycles. The zero-order valence-corrected chi connectivity index (χ0v) is 4.66. The Morgan fingerprint density at radius 3 is 3.00 bits per heavy atom. The third kappa shape index (κ3) is 0.653. The fraction of sp³-hybridized carbons (Fsp3) is 0.333. The van der Waals surface area contributed by atoms with E-state index < -0.39 is 0 Å². The Labute approximate surface area is 44.3 Å². The van der Waals surface area contributed by atoms with Crippen LogP contribution in [0.4, 0.5) is 0 Å². The minimum Gasteiger partial charge on any atom is -0.465 e. The molecule has 1 aliphatic rings. The summed E-state index contributed by atoms with van der Waals surface area (Å²) in [5.41, 5.74) is 0. The molecule has 0 spiro atoms. The van der Waals surface area contributed by atoms with E-state index in [4.69, 9.17) is 4.74 Å². The van der Waals surface area contributed by atoms with E-state index in [0.717, 1.165) is 4.67 Å². The lowest BCUT2D eigenvalue weighted by Crippen LogP contribution is -1.98. The van der Waals surface area contributed by atoms with Crippen LogP contribution in [0.3, 0.4) is 0 Å². The zero-order chi connectivity index (χ0) is 4.41. The predicted octanol–water partition coefficient (Wildman–Crippen LogP) is 0.757. The second-order valence-electron chi connectivity index (χ2n) is 0.941. The van der Waals surface area contributed by atoms with Crippen molar-refractivity contribution in [2.24, 2.45) is 0 Å². The van der Waals surface area contributed by atoms with Crippen molar-refractivity contribution in [3.63, 3.8) is 0 Å². The van der Waals surface area contributed by atoms with Crippen molar-refractivity contribution >= 4 is 15.9 Å². The topological polar surface area (TPSA) is 21.3 Å². The van der Waals surface area contributed by atoms with Gasteiger partial charge in [0.1, 0.15) is 0 Å². The molecule has 1 rings (SSSR count). The van der Waals surface area contributed by atoms with E-state index in [1.807, 2.05) is 0 Å². The van der Waals surface area contributed by atoms with Gasteiger partial charge in [0.15, 0.2) is 11.4 Å². The fourth-order valence-electron chi connectivity index (χ4n) is 0.274. The molecule has 1 heterocycles. The molecule has 0 saturated heterocycles. The molecule has 34 valence electrons. The lowest BCUT2D eigenvalue weighted by atomic mass is 11.0. The lowest BCUT2D eigenvalue weighted by molar-refractivity contribution is 0.259. The van der Waals surface area contributed by atoms with Gasteiger partial charge in [-0.3, -0.25) is 0 Å². The molecule has 0 amide bonds. The second kappa shape index (κ2) is 1.51. The van der Waals surface area contributed by atoms with E-state index in [1.165, 1.54) is 0 Å². The summed E-state index contributed by atoms with van der Waals surface area (Å²) in [6.45, 7) is 0.598. The molecule has 0 radical (unpaired) electrons. The van der Waals surface area contributed by atoms with E-state index in [2.05, 4.69) is 21.2 Å². The third-order valence-electron chi connectivity index (χ3n) is 0.509. The highest BCUT2D eigenvalue weighted by molar-refractivity contribution is 9.11. The van der Waals surface area contributed by atoms with Crippen molar-refractivity contribution in [1.82, 2.24) is 5.32 Å². The molecule has 2 nitrogen and oxygen atoms in total. The summed E-state index contributed by atoms with van der Waals surface area (Å²) in [4.78, 5) is 0. The summed E-state index contributed by atoms with van der Waals surface area (Å²) >= 11 is 3.11. The first-order valence-corrected chi connectivity index (χ1v) is 2.41. The van der Waals surface area contributed by atoms with Gasteiger partial charge in [-0.25, -0.2) is 0 Å². The van der Waals surface area contributed by atoms with E-state index in [-0.39, 0.29) is 0 Å². The van der Waals surface area contributed by atoms with Gasteiger partial charge < -0.3 is 10.1 Å². The zero-order valence-electron chi connectivity index (χ0n) is 3.07. The molecule has 3 heteroatoms. The van der Waals surface area contributed by atoms with Gasteiger partial charge in [-0.1, -0.05) is 0 Å². The summed E-state index contributed by atoms with van der Waals surface area (Å²) in [6, 6.07) is 0. The van der Waals surface area contributed by atoms with Crippen LogP contribution in [-0.2, 0) is 4.74 Å². The standard InChI is InChI=1S/C3H4BrNO/c4-3-1-5-2-6-3/h1,5H,2H2. The van der Waals surface area contributed by atoms with Crippen LogP contribution in [-0.4, -0.2) is 6.73 Å². The molecule has 6 heavy (non-hydrogen) atoms. The fourth-order valence-corrected chi connectivity index (χ4v) is 0.551. The van der Waals surface area contributed by atoms with Gasteiger partial charge >= 0.3 is 0 Å². The van der Waals surface area contributed by atoms with E-state index >= 15 is 0 Å². The van der Waals surface area contributed by atoms with Crippen molar-refractivity contribution in [3.05, 3.63) is 10.9 Å². The maximum absolute atomic E-state index is 4.82. The molecule has 0 fully saturated rings. The van der Waals surface area contributed by atoms with Gasteiger partial charge in [0, 0.05) is 6.20 Å². The maximum atomic E-state index is 4.82. The number of halogens is 1. The van der Waals surface area contributed by atoms with Crippen LogP contribution in [0.5, 0.6) is 0 Å². The van der Waals surface area contributed by atoms with Gasteiger partial charge in [0.2, 0.25) is 0 Å². The van der Waals surface area contributed by atoms with Crippen molar-refractivity contribution < 1.29 is 4.74 Å².